The highest BCUT2D eigenvalue weighted by atomic mass is 28.1. The van der Waals surface area contributed by atoms with Gasteiger partial charge in [0.25, 0.3) is 0 Å². The molecule has 1 saturated carbocycles. The molecule has 0 spiro atoms. The van der Waals surface area contributed by atoms with Crippen LogP contribution < -0.4 is 0 Å². The van der Waals surface area contributed by atoms with Crippen LogP contribution in [0.4, 0.5) is 13.2 Å². The van der Waals surface area contributed by atoms with Gasteiger partial charge in [-0.15, -0.1) is 0 Å². The molecule has 24 heavy (non-hydrogen) atoms. The summed E-state index contributed by atoms with van der Waals surface area (Å²) in [6.07, 6.45) is 4.40. The summed E-state index contributed by atoms with van der Waals surface area (Å²) in [4.78, 5) is 0. The molecule has 1 fully saturated rings. The van der Waals surface area contributed by atoms with Crippen molar-refractivity contribution < 1.29 is 13.2 Å². The Morgan fingerprint density at radius 2 is 1.54 bits per heavy atom. The van der Waals surface area contributed by atoms with Crippen LogP contribution in [0.2, 0.25) is 6.04 Å². The van der Waals surface area contributed by atoms with Crippen molar-refractivity contribution in [1.82, 2.24) is 0 Å². The van der Waals surface area contributed by atoms with Crippen molar-refractivity contribution in [3.8, 4) is 11.1 Å². The van der Waals surface area contributed by atoms with E-state index in [-0.39, 0.29) is 16.7 Å². The lowest BCUT2D eigenvalue weighted by Gasteiger charge is -2.28. The summed E-state index contributed by atoms with van der Waals surface area (Å²) >= 11 is 0. The maximum absolute atomic E-state index is 14.5. The summed E-state index contributed by atoms with van der Waals surface area (Å²) in [5, 5.41) is 0. The average Bonchev–Trinajstić information content (AvgIpc) is 2.59. The Morgan fingerprint density at radius 3 is 2.08 bits per heavy atom. The Kier molecular flexibility index (Phi) is 5.14. The molecule has 3 radical (unpaired) electrons. The van der Waals surface area contributed by atoms with E-state index in [0.717, 1.165) is 37.3 Å². The van der Waals surface area contributed by atoms with E-state index in [1.807, 2.05) is 6.07 Å². The summed E-state index contributed by atoms with van der Waals surface area (Å²) in [6, 6.07) is 8.47. The zero-order valence-electron chi connectivity index (χ0n) is 13.7. The van der Waals surface area contributed by atoms with Crippen molar-refractivity contribution >= 4 is 10.2 Å². The van der Waals surface area contributed by atoms with Crippen LogP contribution >= 0.6 is 0 Å². The third-order valence-corrected chi connectivity index (χ3v) is 5.77. The van der Waals surface area contributed by atoms with Gasteiger partial charge in [0.15, 0.2) is 0 Å². The van der Waals surface area contributed by atoms with Gasteiger partial charge in [-0.3, -0.25) is 0 Å². The fraction of sp³-hybridized carbons (Fsp3) is 0.400. The van der Waals surface area contributed by atoms with Crippen LogP contribution in [0.5, 0.6) is 0 Å². The lowest BCUT2D eigenvalue weighted by atomic mass is 9.79. The van der Waals surface area contributed by atoms with Crippen LogP contribution in [0.25, 0.3) is 11.1 Å². The van der Waals surface area contributed by atoms with E-state index in [0.29, 0.717) is 11.8 Å². The van der Waals surface area contributed by atoms with Crippen molar-refractivity contribution in [2.45, 2.75) is 44.6 Å². The van der Waals surface area contributed by atoms with Crippen molar-refractivity contribution in [3.05, 3.63) is 58.9 Å². The van der Waals surface area contributed by atoms with Gasteiger partial charge in [-0.1, -0.05) is 31.0 Å². The van der Waals surface area contributed by atoms with Crippen LogP contribution in [0.3, 0.4) is 0 Å². The van der Waals surface area contributed by atoms with E-state index < -0.39 is 17.5 Å². The van der Waals surface area contributed by atoms with Crippen molar-refractivity contribution in [3.63, 3.8) is 0 Å². The minimum atomic E-state index is -0.651. The monoisotopic (exact) mass is 345 g/mol. The summed E-state index contributed by atoms with van der Waals surface area (Å²) < 4.78 is 42.0. The van der Waals surface area contributed by atoms with Gasteiger partial charge in [0.2, 0.25) is 0 Å². The fourth-order valence-electron chi connectivity index (χ4n) is 3.52. The first-order valence-electron chi connectivity index (χ1n) is 8.39. The number of hydrogen-bond acceptors (Lipinski definition) is 0. The van der Waals surface area contributed by atoms with Gasteiger partial charge in [-0.25, -0.2) is 13.2 Å². The van der Waals surface area contributed by atoms with Crippen LogP contribution in [0, 0.1) is 30.3 Å². The summed E-state index contributed by atoms with van der Waals surface area (Å²) in [5.41, 5.74) is 1.42. The van der Waals surface area contributed by atoms with Gasteiger partial charge in [0, 0.05) is 21.4 Å². The smallest absolute Gasteiger partial charge is 0.131 e. The second-order valence-electron chi connectivity index (χ2n) is 6.73. The van der Waals surface area contributed by atoms with E-state index in [1.54, 1.807) is 6.07 Å². The van der Waals surface area contributed by atoms with Gasteiger partial charge in [0.1, 0.15) is 17.5 Å². The molecule has 0 N–H and O–H groups in total. The van der Waals surface area contributed by atoms with E-state index in [4.69, 9.17) is 0 Å². The molecule has 0 amide bonds. The predicted molar refractivity (Wildman–Crippen MR) is 91.7 cm³/mol. The first-order chi connectivity index (χ1) is 11.5. The van der Waals surface area contributed by atoms with E-state index in [1.165, 1.54) is 25.1 Å². The molecule has 0 saturated heterocycles. The summed E-state index contributed by atoms with van der Waals surface area (Å²) in [6.45, 7) is 1.37. The molecular weight excluding hydrogens is 325 g/mol. The van der Waals surface area contributed by atoms with Gasteiger partial charge in [-0.05, 0) is 60.9 Å². The standard InChI is InChI=1S/C20H20F3Si/c1-12-18(21)9-16(10-19(12)22)17-7-6-15(8-20(17)23)14-4-2-13(11-24)3-5-14/h6-10,13-14H,2-5,11H2,1H3. The normalized spacial score (nSPS) is 21.0. The van der Waals surface area contributed by atoms with E-state index in [9.17, 15) is 13.2 Å². The van der Waals surface area contributed by atoms with E-state index in [2.05, 4.69) is 10.2 Å². The van der Waals surface area contributed by atoms with Crippen LogP contribution in [-0.4, -0.2) is 10.2 Å². The molecule has 0 nitrogen and oxygen atoms in total. The Morgan fingerprint density at radius 1 is 0.917 bits per heavy atom. The molecule has 0 atom stereocenters. The van der Waals surface area contributed by atoms with Gasteiger partial charge < -0.3 is 0 Å². The van der Waals surface area contributed by atoms with E-state index >= 15 is 0 Å². The van der Waals surface area contributed by atoms with Crippen molar-refractivity contribution in [2.24, 2.45) is 5.92 Å². The van der Waals surface area contributed by atoms with Crippen LogP contribution in [-0.2, 0) is 0 Å². The van der Waals surface area contributed by atoms with Crippen molar-refractivity contribution in [2.75, 3.05) is 0 Å². The number of halogens is 3. The minimum Gasteiger partial charge on any atom is -0.207 e. The third kappa shape index (κ3) is 3.43. The maximum atomic E-state index is 14.5. The second kappa shape index (κ2) is 7.14. The lowest BCUT2D eigenvalue weighted by molar-refractivity contribution is 0.347. The van der Waals surface area contributed by atoms with Crippen molar-refractivity contribution in [1.29, 1.82) is 0 Å². The molecule has 0 aliphatic heterocycles. The molecule has 3 rings (SSSR count). The molecule has 4 heteroatoms. The molecule has 1 aliphatic carbocycles. The van der Waals surface area contributed by atoms with Gasteiger partial charge in [0.05, 0.1) is 0 Å². The fourth-order valence-corrected chi connectivity index (χ4v) is 3.93. The Balaban J connectivity index is 1.85. The zero-order chi connectivity index (χ0) is 17.3. The average molecular weight is 345 g/mol. The second-order valence-corrected chi connectivity index (χ2v) is 7.13. The van der Waals surface area contributed by atoms with Crippen LogP contribution in [0.1, 0.15) is 42.7 Å². The quantitative estimate of drug-likeness (QED) is 0.604. The molecule has 2 aromatic carbocycles. The number of benzene rings is 2. The largest absolute Gasteiger partial charge is 0.207 e. The maximum Gasteiger partial charge on any atom is 0.131 e. The van der Waals surface area contributed by atoms with Gasteiger partial charge in [-0.2, -0.15) is 0 Å². The number of hydrogen-bond donors (Lipinski definition) is 0. The summed E-state index contributed by atoms with van der Waals surface area (Å²) in [5.74, 6) is -0.643. The Hall–Kier alpha value is -1.55. The molecule has 2 aromatic rings. The summed E-state index contributed by atoms with van der Waals surface area (Å²) in [7, 11) is 3.58. The first kappa shape index (κ1) is 17.3. The molecule has 0 heterocycles. The number of rotatable bonds is 3. The molecule has 0 aromatic heterocycles. The Labute approximate surface area is 144 Å². The van der Waals surface area contributed by atoms with Crippen LogP contribution in [0.15, 0.2) is 30.3 Å². The van der Waals surface area contributed by atoms with Gasteiger partial charge >= 0.3 is 0 Å². The highest BCUT2D eigenvalue weighted by Gasteiger charge is 2.22. The zero-order valence-corrected chi connectivity index (χ0v) is 14.7. The predicted octanol–water partition coefficient (Wildman–Crippen LogP) is 5.94. The molecule has 0 unspecified atom stereocenters. The lowest BCUT2D eigenvalue weighted by Crippen LogP contribution is -2.13. The SMILES string of the molecule is Cc1c(F)cc(-c2ccc(C3CCC(C[Si])CC3)cc2F)cc1F. The highest BCUT2D eigenvalue weighted by Crippen LogP contribution is 2.38. The minimum absolute atomic E-state index is 0.0424. The first-order valence-corrected chi connectivity index (χ1v) is 9.10. The molecule has 1 aliphatic rings. The molecular formula is C20H20F3Si. The topological polar surface area (TPSA) is 0 Å². The Bertz CT molecular complexity index is 711. The molecule has 0 bridgehead atoms. The molecule has 125 valence electrons. The third-order valence-electron chi connectivity index (χ3n) is 5.19. The highest BCUT2D eigenvalue weighted by molar-refractivity contribution is 6.08.